The SMILES string of the molecule is Nc1n[nH]c2c(Br)cn(-c3c(F)cccc3F)c(=O)c12. The van der Waals surface area contributed by atoms with E-state index in [-0.39, 0.29) is 11.2 Å². The molecule has 0 radical (unpaired) electrons. The third-order valence-electron chi connectivity index (χ3n) is 2.89. The Balaban J connectivity index is 2.47. The van der Waals surface area contributed by atoms with Gasteiger partial charge in [0, 0.05) is 6.20 Å². The van der Waals surface area contributed by atoms with Crippen molar-refractivity contribution in [2.24, 2.45) is 0 Å². The van der Waals surface area contributed by atoms with Gasteiger partial charge in [-0.25, -0.2) is 8.78 Å². The van der Waals surface area contributed by atoms with Crippen molar-refractivity contribution in [2.75, 3.05) is 5.73 Å². The lowest BCUT2D eigenvalue weighted by Gasteiger charge is -2.09. The van der Waals surface area contributed by atoms with Gasteiger partial charge in [0.15, 0.2) is 5.82 Å². The molecule has 3 aromatic rings. The van der Waals surface area contributed by atoms with E-state index in [2.05, 4.69) is 26.1 Å². The van der Waals surface area contributed by atoms with E-state index in [4.69, 9.17) is 5.73 Å². The number of aromatic nitrogens is 3. The minimum atomic E-state index is -0.847. The van der Waals surface area contributed by atoms with Crippen LogP contribution in [0.25, 0.3) is 16.6 Å². The molecule has 0 spiro atoms. The number of para-hydroxylation sites is 1. The molecular weight excluding hydrogens is 334 g/mol. The molecule has 20 heavy (non-hydrogen) atoms. The van der Waals surface area contributed by atoms with E-state index in [0.717, 1.165) is 16.7 Å². The van der Waals surface area contributed by atoms with Crippen molar-refractivity contribution in [3.8, 4) is 5.69 Å². The molecule has 0 unspecified atom stereocenters. The van der Waals surface area contributed by atoms with Crippen LogP contribution in [0.4, 0.5) is 14.6 Å². The summed E-state index contributed by atoms with van der Waals surface area (Å²) in [4.78, 5) is 12.3. The van der Waals surface area contributed by atoms with Gasteiger partial charge in [-0.15, -0.1) is 0 Å². The fourth-order valence-corrected chi connectivity index (χ4v) is 2.48. The summed E-state index contributed by atoms with van der Waals surface area (Å²) in [6.07, 6.45) is 1.27. The second kappa shape index (κ2) is 4.41. The Kier molecular flexibility index (Phi) is 2.82. The molecule has 2 heterocycles. The number of benzene rings is 1. The number of rotatable bonds is 1. The summed E-state index contributed by atoms with van der Waals surface area (Å²) < 4.78 is 28.9. The van der Waals surface area contributed by atoms with Crippen LogP contribution in [0.15, 0.2) is 33.7 Å². The molecule has 5 nitrogen and oxygen atoms in total. The first-order chi connectivity index (χ1) is 9.50. The average Bonchev–Trinajstić information content (AvgIpc) is 2.78. The van der Waals surface area contributed by atoms with Crippen LogP contribution in [0.1, 0.15) is 0 Å². The maximum Gasteiger partial charge on any atom is 0.268 e. The lowest BCUT2D eigenvalue weighted by Crippen LogP contribution is -2.20. The molecule has 0 aliphatic heterocycles. The smallest absolute Gasteiger partial charge is 0.268 e. The molecule has 0 saturated carbocycles. The third kappa shape index (κ3) is 1.72. The molecule has 0 atom stereocenters. The summed E-state index contributed by atoms with van der Waals surface area (Å²) in [6.45, 7) is 0. The van der Waals surface area contributed by atoms with Gasteiger partial charge in [0.2, 0.25) is 0 Å². The largest absolute Gasteiger partial charge is 0.382 e. The van der Waals surface area contributed by atoms with E-state index < -0.39 is 22.9 Å². The average molecular weight is 341 g/mol. The van der Waals surface area contributed by atoms with Crippen LogP contribution < -0.4 is 11.3 Å². The van der Waals surface area contributed by atoms with Gasteiger partial charge in [0.1, 0.15) is 22.7 Å². The highest BCUT2D eigenvalue weighted by molar-refractivity contribution is 9.10. The number of hydrogen-bond donors (Lipinski definition) is 2. The predicted octanol–water partition coefficient (Wildman–Crippen LogP) is 2.34. The van der Waals surface area contributed by atoms with Gasteiger partial charge in [0.25, 0.3) is 5.56 Å². The molecule has 8 heteroatoms. The number of anilines is 1. The second-order valence-corrected chi connectivity index (χ2v) is 4.94. The molecular formula is C12H7BrF2N4O. The topological polar surface area (TPSA) is 76.7 Å². The van der Waals surface area contributed by atoms with E-state index in [1.54, 1.807) is 0 Å². The first-order valence-electron chi connectivity index (χ1n) is 5.50. The number of nitrogen functional groups attached to an aromatic ring is 1. The van der Waals surface area contributed by atoms with Gasteiger partial charge < -0.3 is 5.73 Å². The van der Waals surface area contributed by atoms with E-state index in [9.17, 15) is 13.6 Å². The molecule has 0 aliphatic carbocycles. The lowest BCUT2D eigenvalue weighted by atomic mass is 10.2. The van der Waals surface area contributed by atoms with Crippen LogP contribution in [-0.4, -0.2) is 14.8 Å². The fourth-order valence-electron chi connectivity index (χ4n) is 1.99. The van der Waals surface area contributed by atoms with Crippen LogP contribution in [0.3, 0.4) is 0 Å². The Labute approximate surface area is 119 Å². The summed E-state index contributed by atoms with van der Waals surface area (Å²) in [7, 11) is 0. The number of nitrogens with one attached hydrogen (secondary N) is 1. The zero-order valence-corrected chi connectivity index (χ0v) is 11.4. The molecule has 0 fully saturated rings. The van der Waals surface area contributed by atoms with Crippen molar-refractivity contribution in [1.29, 1.82) is 0 Å². The molecule has 102 valence electrons. The molecule has 3 N–H and O–H groups in total. The van der Waals surface area contributed by atoms with Gasteiger partial charge in [-0.1, -0.05) is 6.07 Å². The fraction of sp³-hybridized carbons (Fsp3) is 0. The quantitative estimate of drug-likeness (QED) is 0.713. The van der Waals surface area contributed by atoms with E-state index in [0.29, 0.717) is 9.99 Å². The second-order valence-electron chi connectivity index (χ2n) is 4.08. The zero-order chi connectivity index (χ0) is 14.4. The third-order valence-corrected chi connectivity index (χ3v) is 3.49. The standard InChI is InChI=1S/C12H7BrF2N4O/c13-5-4-19(10-6(14)2-1-3-7(10)15)12(20)8-9(5)17-18-11(8)16/h1-4H,(H3,16,17,18). The highest BCUT2D eigenvalue weighted by Gasteiger charge is 2.18. The summed E-state index contributed by atoms with van der Waals surface area (Å²) >= 11 is 3.21. The summed E-state index contributed by atoms with van der Waals surface area (Å²) in [5.41, 5.74) is 4.87. The van der Waals surface area contributed by atoms with Crippen molar-refractivity contribution < 1.29 is 8.78 Å². The number of halogens is 3. The van der Waals surface area contributed by atoms with Crippen LogP contribution in [0.2, 0.25) is 0 Å². The Hall–Kier alpha value is -2.22. The van der Waals surface area contributed by atoms with Crippen LogP contribution in [0, 0.1) is 11.6 Å². The predicted molar refractivity (Wildman–Crippen MR) is 73.7 cm³/mol. The number of pyridine rings is 1. The zero-order valence-electron chi connectivity index (χ0n) is 9.82. The van der Waals surface area contributed by atoms with Gasteiger partial charge in [0.05, 0.1) is 9.99 Å². The number of aromatic amines is 1. The Morgan fingerprint density at radius 2 is 1.95 bits per heavy atom. The number of hydrogen-bond acceptors (Lipinski definition) is 3. The Morgan fingerprint density at radius 3 is 2.60 bits per heavy atom. The van der Waals surface area contributed by atoms with E-state index >= 15 is 0 Å². The van der Waals surface area contributed by atoms with Gasteiger partial charge >= 0.3 is 0 Å². The van der Waals surface area contributed by atoms with Crippen LogP contribution in [-0.2, 0) is 0 Å². The molecule has 0 amide bonds. The maximum absolute atomic E-state index is 13.8. The molecule has 2 aromatic heterocycles. The summed E-state index contributed by atoms with van der Waals surface area (Å²) in [6, 6.07) is 3.36. The summed E-state index contributed by atoms with van der Waals surface area (Å²) in [5.74, 6) is -1.72. The van der Waals surface area contributed by atoms with Crippen molar-refractivity contribution in [3.05, 3.63) is 50.9 Å². The highest BCUT2D eigenvalue weighted by atomic mass is 79.9. The van der Waals surface area contributed by atoms with E-state index in [1.165, 1.54) is 12.3 Å². The van der Waals surface area contributed by atoms with Crippen molar-refractivity contribution in [1.82, 2.24) is 14.8 Å². The first-order valence-corrected chi connectivity index (χ1v) is 6.29. The van der Waals surface area contributed by atoms with Crippen molar-refractivity contribution in [2.45, 2.75) is 0 Å². The van der Waals surface area contributed by atoms with Crippen LogP contribution >= 0.6 is 15.9 Å². The van der Waals surface area contributed by atoms with Crippen molar-refractivity contribution >= 4 is 32.7 Å². The van der Waals surface area contributed by atoms with Gasteiger partial charge in [-0.05, 0) is 28.1 Å². The van der Waals surface area contributed by atoms with E-state index in [1.807, 2.05) is 0 Å². The minimum Gasteiger partial charge on any atom is -0.382 e. The van der Waals surface area contributed by atoms with Crippen LogP contribution in [0.5, 0.6) is 0 Å². The number of H-pyrrole nitrogens is 1. The highest BCUT2D eigenvalue weighted by Crippen LogP contribution is 2.25. The number of fused-ring (bicyclic) bond motifs is 1. The number of nitrogens with zero attached hydrogens (tertiary/aromatic N) is 2. The normalized spacial score (nSPS) is 11.2. The minimum absolute atomic E-state index is 0.0307. The molecule has 3 rings (SSSR count). The molecule has 1 aromatic carbocycles. The Morgan fingerprint density at radius 1 is 1.30 bits per heavy atom. The molecule has 0 saturated heterocycles. The number of nitrogens with two attached hydrogens (primary N) is 1. The van der Waals surface area contributed by atoms with Gasteiger partial charge in [-0.3, -0.25) is 14.5 Å². The van der Waals surface area contributed by atoms with Crippen molar-refractivity contribution in [3.63, 3.8) is 0 Å². The van der Waals surface area contributed by atoms with Gasteiger partial charge in [-0.2, -0.15) is 5.10 Å². The molecule has 0 bridgehead atoms. The summed E-state index contributed by atoms with van der Waals surface area (Å²) in [5, 5.41) is 6.37. The monoisotopic (exact) mass is 340 g/mol. The maximum atomic E-state index is 13.8. The lowest BCUT2D eigenvalue weighted by molar-refractivity contribution is 0.567. The Bertz CT molecular complexity index is 867. The first kappa shape index (κ1) is 12.8. The molecule has 0 aliphatic rings.